The molecular weight excluding hydrogens is 424 g/mol. The molecule has 26 heavy (non-hydrogen) atoms. The van der Waals surface area contributed by atoms with Crippen molar-refractivity contribution >= 4 is 6.22 Å². The molecule has 0 saturated carbocycles. The van der Waals surface area contributed by atoms with E-state index in [0.717, 1.165) is 0 Å². The zero-order valence-electron chi connectivity index (χ0n) is 11.4. The number of rotatable bonds is 1. The first kappa shape index (κ1) is 26.6. The molecule has 0 aromatic carbocycles. The normalized spacial score (nSPS) is 23.0. The van der Waals surface area contributed by atoms with E-state index in [1.54, 1.807) is 0 Å². The highest BCUT2D eigenvalue weighted by molar-refractivity contribution is 5.54. The molecule has 158 valence electrons. The summed E-state index contributed by atoms with van der Waals surface area (Å²) in [7, 11) is 0. The third-order valence-electron chi connectivity index (χ3n) is 1.91. The second kappa shape index (κ2) is 8.40. The Bertz CT molecular complexity index is 434. The molecule has 1 aliphatic rings. The molecule has 4 nitrogen and oxygen atoms in total. The van der Waals surface area contributed by atoms with Gasteiger partial charge >= 0.3 is 36.7 Å². The third kappa shape index (κ3) is 6.61. The van der Waals surface area contributed by atoms with Gasteiger partial charge in [-0.25, -0.2) is 18.3 Å². The predicted octanol–water partition coefficient (Wildman–Crippen LogP) is 4.77. The molecule has 1 aliphatic heterocycles. The molecule has 18 heteroatoms. The summed E-state index contributed by atoms with van der Waals surface area (Å²) in [6.45, 7) is -5.14. The van der Waals surface area contributed by atoms with Crippen LogP contribution in [0.1, 0.15) is 0 Å². The SMILES string of the molecule is FCC(F)(F)F.FCN1C(F)(F)C(F)(F)OC(F)(F)C1(F)F.O=C(O)F. The summed E-state index contributed by atoms with van der Waals surface area (Å²) in [4.78, 5) is 6.07. The number of nitrogens with zero attached hydrogens (tertiary/aromatic N) is 1. The lowest BCUT2D eigenvalue weighted by Gasteiger charge is -2.45. The van der Waals surface area contributed by atoms with Gasteiger partial charge in [0.05, 0.1) is 0 Å². The van der Waals surface area contributed by atoms with Crippen LogP contribution in [0.5, 0.6) is 0 Å². The lowest BCUT2D eigenvalue weighted by Crippen LogP contribution is -2.73. The maximum atomic E-state index is 12.5. The van der Waals surface area contributed by atoms with E-state index >= 15 is 0 Å². The van der Waals surface area contributed by atoms with Crippen LogP contribution in [-0.4, -0.2) is 60.2 Å². The van der Waals surface area contributed by atoms with Gasteiger partial charge in [-0.3, -0.25) is 0 Å². The van der Waals surface area contributed by atoms with Crippen LogP contribution in [0.25, 0.3) is 0 Å². The van der Waals surface area contributed by atoms with E-state index in [-0.39, 0.29) is 0 Å². The first-order valence-electron chi connectivity index (χ1n) is 5.26. The van der Waals surface area contributed by atoms with E-state index < -0.39 is 55.1 Å². The average Bonchev–Trinajstić information content (AvgIpc) is 2.35. The largest absolute Gasteiger partial charge is 0.492 e. The second-order valence-electron chi connectivity index (χ2n) is 3.77. The Hall–Kier alpha value is -1.59. The Kier molecular flexibility index (Phi) is 8.61. The van der Waals surface area contributed by atoms with Crippen molar-refractivity contribution in [1.82, 2.24) is 4.90 Å². The molecule has 0 unspecified atom stereocenters. The van der Waals surface area contributed by atoms with Gasteiger partial charge < -0.3 is 5.11 Å². The molecule has 1 N–H and O–H groups in total. The molecule has 1 saturated heterocycles. The van der Waals surface area contributed by atoms with Gasteiger partial charge in [0.1, 0.15) is 0 Å². The van der Waals surface area contributed by atoms with Crippen molar-refractivity contribution in [2.75, 3.05) is 13.5 Å². The van der Waals surface area contributed by atoms with Crippen molar-refractivity contribution < 1.29 is 76.1 Å². The standard InChI is InChI=1S/C5H2F9NO.C2H2F4.CHFO2/c6-1-15-2(7,8)4(11,12)16-5(13,14)3(15,9)10;3-1-2(4,5)6;2-1(3)4/h1H2;1H2;(H,3,4). The first-order valence-corrected chi connectivity index (χ1v) is 5.26. The molecule has 1 rings (SSSR count). The van der Waals surface area contributed by atoms with Gasteiger partial charge in [0.25, 0.3) is 0 Å². The first-order chi connectivity index (χ1) is 11.2. The van der Waals surface area contributed by atoms with Crippen molar-refractivity contribution in [1.29, 1.82) is 0 Å². The van der Waals surface area contributed by atoms with Crippen molar-refractivity contribution in [2.24, 2.45) is 0 Å². The van der Waals surface area contributed by atoms with Crippen molar-refractivity contribution in [3.05, 3.63) is 0 Å². The third-order valence-corrected chi connectivity index (χ3v) is 1.91. The molecule has 0 amide bonds. The fourth-order valence-corrected chi connectivity index (χ4v) is 0.924. The smallest absolute Gasteiger partial charge is 0.456 e. The van der Waals surface area contributed by atoms with Gasteiger partial charge in [-0.15, -0.1) is 9.29 Å². The van der Waals surface area contributed by atoms with Crippen LogP contribution >= 0.6 is 0 Å². The van der Waals surface area contributed by atoms with Gasteiger partial charge in [0, 0.05) is 0 Å². The molecule has 0 radical (unpaired) electrons. The summed E-state index contributed by atoms with van der Waals surface area (Å²) in [5, 5.41) is 6.75. The van der Waals surface area contributed by atoms with Crippen LogP contribution in [0.15, 0.2) is 0 Å². The fourth-order valence-electron chi connectivity index (χ4n) is 0.924. The highest BCUT2D eigenvalue weighted by atomic mass is 19.4. The summed E-state index contributed by atoms with van der Waals surface area (Å²) >= 11 is 0. The van der Waals surface area contributed by atoms with Crippen molar-refractivity contribution in [3.63, 3.8) is 0 Å². The fraction of sp³-hybridized carbons (Fsp3) is 0.875. The predicted molar refractivity (Wildman–Crippen MR) is 49.8 cm³/mol. The summed E-state index contributed by atoms with van der Waals surface area (Å²) in [6.07, 6.45) is -18.8. The van der Waals surface area contributed by atoms with Crippen LogP contribution in [0.4, 0.5) is 66.3 Å². The van der Waals surface area contributed by atoms with Crippen LogP contribution in [0.2, 0.25) is 0 Å². The number of morpholine rings is 1. The Morgan fingerprint density at radius 2 is 1.12 bits per heavy atom. The van der Waals surface area contributed by atoms with Gasteiger partial charge in [0.15, 0.2) is 13.5 Å². The number of carboxylic acid groups (broad SMARTS) is 1. The number of alkyl halides is 13. The monoisotopic (exact) mass is 429 g/mol. The zero-order valence-corrected chi connectivity index (χ0v) is 11.4. The summed E-state index contributed by atoms with van der Waals surface area (Å²) < 4.78 is 164. The van der Waals surface area contributed by atoms with E-state index in [1.807, 2.05) is 4.74 Å². The summed E-state index contributed by atoms with van der Waals surface area (Å²) in [5.41, 5.74) is 0. The average molecular weight is 429 g/mol. The minimum atomic E-state index is -5.94. The van der Waals surface area contributed by atoms with E-state index in [4.69, 9.17) is 9.90 Å². The van der Waals surface area contributed by atoms with Crippen molar-refractivity contribution in [3.8, 4) is 0 Å². The number of halogens is 14. The Labute approximate surface area is 132 Å². The topological polar surface area (TPSA) is 49.8 Å². The van der Waals surface area contributed by atoms with E-state index in [9.17, 15) is 61.5 Å². The lowest BCUT2D eigenvalue weighted by molar-refractivity contribution is -0.565. The lowest BCUT2D eigenvalue weighted by atomic mass is 10.3. The molecule has 0 spiro atoms. The van der Waals surface area contributed by atoms with Crippen LogP contribution < -0.4 is 0 Å². The van der Waals surface area contributed by atoms with Crippen LogP contribution in [-0.2, 0) is 4.74 Å². The molecule has 1 heterocycles. The molecule has 1 fully saturated rings. The quantitative estimate of drug-likeness (QED) is 0.371. The van der Waals surface area contributed by atoms with Crippen molar-refractivity contribution in [2.45, 2.75) is 30.5 Å². The molecule has 0 aliphatic carbocycles. The zero-order chi connectivity index (χ0) is 21.8. The number of carbonyl (C=O) groups is 1. The maximum Gasteiger partial charge on any atom is 0.492 e. The molecule has 0 aromatic rings. The maximum absolute atomic E-state index is 12.5. The van der Waals surface area contributed by atoms with Gasteiger partial charge in [-0.2, -0.15) is 48.3 Å². The minimum Gasteiger partial charge on any atom is -0.456 e. The Morgan fingerprint density at radius 1 is 0.885 bits per heavy atom. The molecule has 0 bridgehead atoms. The van der Waals surface area contributed by atoms with E-state index in [0.29, 0.717) is 0 Å². The van der Waals surface area contributed by atoms with E-state index in [2.05, 4.69) is 0 Å². The Balaban J connectivity index is 0. The number of hydrogen-bond acceptors (Lipinski definition) is 3. The number of ether oxygens (including phenoxy) is 1. The van der Waals surface area contributed by atoms with Gasteiger partial charge in [0.2, 0.25) is 0 Å². The molecule has 0 atom stereocenters. The van der Waals surface area contributed by atoms with Gasteiger partial charge in [-0.1, -0.05) is 0 Å². The van der Waals surface area contributed by atoms with Crippen LogP contribution in [0, 0.1) is 0 Å². The minimum absolute atomic E-state index is 2.05. The van der Waals surface area contributed by atoms with E-state index in [1.165, 1.54) is 0 Å². The summed E-state index contributed by atoms with van der Waals surface area (Å²) in [5.74, 6) is 0. The molecular formula is C8H5F14NO3. The Morgan fingerprint density at radius 3 is 1.27 bits per heavy atom. The highest BCUT2D eigenvalue weighted by Gasteiger charge is 2.82. The second-order valence-corrected chi connectivity index (χ2v) is 3.77. The van der Waals surface area contributed by atoms with Gasteiger partial charge in [-0.05, 0) is 0 Å². The molecule has 0 aromatic heterocycles. The van der Waals surface area contributed by atoms with Crippen LogP contribution in [0.3, 0.4) is 0 Å². The highest BCUT2D eigenvalue weighted by Crippen LogP contribution is 2.55. The number of hydrogen-bond donors (Lipinski definition) is 1. The summed E-state index contributed by atoms with van der Waals surface area (Å²) in [6, 6.07) is -11.8.